The third-order valence-corrected chi connectivity index (χ3v) is 6.63. The SMILES string of the molecule is CCN1C[C@H](Nc2cc3nc(Cc4cn5cc(C#N)c(C)cc5n4)[nH]c(=O)c3cc2Cl)[C@@H](O)C1. The van der Waals surface area contributed by atoms with Crippen molar-refractivity contribution in [2.24, 2.45) is 0 Å². The van der Waals surface area contributed by atoms with Crippen LogP contribution in [0.3, 0.4) is 0 Å². The number of aliphatic hydroxyl groups is 1. The number of aryl methyl sites for hydroxylation is 1. The lowest BCUT2D eigenvalue weighted by molar-refractivity contribution is 0.171. The molecule has 1 fully saturated rings. The number of β-amino-alcohol motifs (C(OH)–C–C–N with tert-alkyl or cyclic N) is 1. The number of pyridine rings is 1. The zero-order chi connectivity index (χ0) is 24.0. The van der Waals surface area contributed by atoms with Crippen LogP contribution in [-0.4, -0.2) is 61.1 Å². The molecule has 10 heteroatoms. The highest BCUT2D eigenvalue weighted by atomic mass is 35.5. The lowest BCUT2D eigenvalue weighted by Crippen LogP contribution is -2.32. The number of likely N-dealkylation sites (N-methyl/N-ethyl adjacent to an activating group) is 1. The number of hydrogen-bond acceptors (Lipinski definition) is 7. The number of aliphatic hydroxyl groups excluding tert-OH is 1. The number of anilines is 1. The van der Waals surface area contributed by atoms with Gasteiger partial charge in [0, 0.05) is 31.9 Å². The van der Waals surface area contributed by atoms with Crippen LogP contribution in [0.2, 0.25) is 5.02 Å². The Labute approximate surface area is 200 Å². The van der Waals surface area contributed by atoms with Crippen molar-refractivity contribution in [1.82, 2.24) is 24.3 Å². The molecule has 0 aliphatic carbocycles. The van der Waals surface area contributed by atoms with Gasteiger partial charge in [-0.1, -0.05) is 18.5 Å². The summed E-state index contributed by atoms with van der Waals surface area (Å²) in [6.07, 6.45) is 3.39. The highest BCUT2D eigenvalue weighted by molar-refractivity contribution is 6.34. The van der Waals surface area contributed by atoms with Gasteiger partial charge in [-0.25, -0.2) is 9.97 Å². The molecule has 0 bridgehead atoms. The van der Waals surface area contributed by atoms with Crippen molar-refractivity contribution in [3.8, 4) is 6.07 Å². The molecule has 3 aromatic heterocycles. The summed E-state index contributed by atoms with van der Waals surface area (Å²) in [6, 6.07) is 7.23. The van der Waals surface area contributed by atoms with Gasteiger partial charge in [-0.3, -0.25) is 9.69 Å². The number of fused-ring (bicyclic) bond motifs is 2. The van der Waals surface area contributed by atoms with E-state index >= 15 is 0 Å². The van der Waals surface area contributed by atoms with E-state index in [1.165, 1.54) is 0 Å². The number of rotatable bonds is 5. The molecule has 9 nitrogen and oxygen atoms in total. The molecule has 2 atom stereocenters. The van der Waals surface area contributed by atoms with Gasteiger partial charge in [-0.15, -0.1) is 0 Å². The van der Waals surface area contributed by atoms with Crippen molar-refractivity contribution in [3.05, 3.63) is 68.6 Å². The lowest BCUT2D eigenvalue weighted by Gasteiger charge is -2.18. The Morgan fingerprint density at radius 1 is 1.29 bits per heavy atom. The number of nitriles is 1. The number of nitrogens with zero attached hydrogens (tertiary/aromatic N) is 5. The largest absolute Gasteiger partial charge is 0.390 e. The number of aromatic amines is 1. The van der Waals surface area contributed by atoms with Gasteiger partial charge in [0.25, 0.3) is 5.56 Å². The van der Waals surface area contributed by atoms with Crippen molar-refractivity contribution < 1.29 is 5.11 Å². The Morgan fingerprint density at radius 2 is 2.12 bits per heavy atom. The number of halogens is 1. The van der Waals surface area contributed by atoms with E-state index in [2.05, 4.69) is 38.2 Å². The second kappa shape index (κ2) is 8.72. The summed E-state index contributed by atoms with van der Waals surface area (Å²) < 4.78 is 1.80. The number of benzene rings is 1. The topological polar surface area (TPSA) is 122 Å². The second-order valence-corrected chi connectivity index (χ2v) is 9.10. The van der Waals surface area contributed by atoms with E-state index in [0.717, 1.165) is 23.4 Å². The first-order valence-electron chi connectivity index (χ1n) is 11.1. The van der Waals surface area contributed by atoms with Crippen LogP contribution in [0.4, 0.5) is 5.69 Å². The van der Waals surface area contributed by atoms with E-state index in [-0.39, 0.29) is 11.6 Å². The molecule has 0 unspecified atom stereocenters. The number of likely N-dealkylation sites (tertiary alicyclic amines) is 1. The molecule has 34 heavy (non-hydrogen) atoms. The standard InChI is InChI=1S/C24H24ClN7O2/c1-3-31-11-20(21(33)12-31)28-19-7-18-16(6-17(19)25)24(34)30-22(29-18)5-15-10-32-9-14(8-26)13(2)4-23(32)27-15/h4,6-7,9-10,20-21,28,33H,3,5,11-12H2,1-2H3,(H,29,30,34)/t20-,21-/m0/s1. The molecule has 174 valence electrons. The minimum atomic E-state index is -0.505. The Morgan fingerprint density at radius 3 is 2.85 bits per heavy atom. The van der Waals surface area contributed by atoms with Crippen LogP contribution in [0.1, 0.15) is 29.6 Å². The third kappa shape index (κ3) is 4.12. The van der Waals surface area contributed by atoms with E-state index in [1.54, 1.807) is 22.7 Å². The molecule has 0 saturated carbocycles. The molecule has 0 radical (unpaired) electrons. The number of H-pyrrole nitrogens is 1. The summed E-state index contributed by atoms with van der Waals surface area (Å²) in [6.45, 7) is 6.11. The zero-order valence-electron chi connectivity index (χ0n) is 18.8. The van der Waals surface area contributed by atoms with Crippen LogP contribution in [0.5, 0.6) is 0 Å². The summed E-state index contributed by atoms with van der Waals surface area (Å²) in [5.41, 5.74) is 3.75. The number of imidazole rings is 1. The van der Waals surface area contributed by atoms with Gasteiger partial charge in [0.1, 0.15) is 17.5 Å². The van der Waals surface area contributed by atoms with Crippen molar-refractivity contribution in [2.45, 2.75) is 32.4 Å². The van der Waals surface area contributed by atoms with Crippen LogP contribution in [0, 0.1) is 18.3 Å². The maximum atomic E-state index is 12.7. The first-order valence-corrected chi connectivity index (χ1v) is 11.5. The summed E-state index contributed by atoms with van der Waals surface area (Å²) in [5, 5.41) is 23.7. The van der Waals surface area contributed by atoms with Crippen LogP contribution in [-0.2, 0) is 6.42 Å². The molecule has 1 saturated heterocycles. The quantitative estimate of drug-likeness (QED) is 0.403. The molecule has 0 amide bonds. The van der Waals surface area contributed by atoms with Gasteiger partial charge in [0.15, 0.2) is 0 Å². The summed E-state index contributed by atoms with van der Waals surface area (Å²) >= 11 is 6.45. The fraction of sp³-hybridized carbons (Fsp3) is 0.333. The van der Waals surface area contributed by atoms with E-state index in [0.29, 0.717) is 52.5 Å². The molecule has 0 spiro atoms. The predicted molar refractivity (Wildman–Crippen MR) is 130 cm³/mol. The second-order valence-electron chi connectivity index (χ2n) is 8.69. The molecule has 1 aliphatic heterocycles. The van der Waals surface area contributed by atoms with Gasteiger partial charge in [0.2, 0.25) is 0 Å². The maximum absolute atomic E-state index is 12.7. The van der Waals surface area contributed by atoms with Gasteiger partial charge < -0.3 is 19.8 Å². The lowest BCUT2D eigenvalue weighted by atomic mass is 10.1. The van der Waals surface area contributed by atoms with E-state index in [1.807, 2.05) is 19.2 Å². The van der Waals surface area contributed by atoms with Crippen LogP contribution in [0.15, 0.2) is 35.4 Å². The Kier molecular flexibility index (Phi) is 5.73. The molecule has 1 aromatic carbocycles. The van der Waals surface area contributed by atoms with Crippen LogP contribution >= 0.6 is 11.6 Å². The van der Waals surface area contributed by atoms with Gasteiger partial charge in [-0.2, -0.15) is 5.26 Å². The van der Waals surface area contributed by atoms with E-state index in [9.17, 15) is 15.2 Å². The van der Waals surface area contributed by atoms with Gasteiger partial charge in [0.05, 0.1) is 45.0 Å². The van der Waals surface area contributed by atoms with Crippen molar-refractivity contribution >= 4 is 33.8 Å². The molecule has 3 N–H and O–H groups in total. The fourth-order valence-electron chi connectivity index (χ4n) is 4.42. The van der Waals surface area contributed by atoms with Crippen molar-refractivity contribution in [3.63, 3.8) is 0 Å². The van der Waals surface area contributed by atoms with Crippen molar-refractivity contribution in [2.75, 3.05) is 25.0 Å². The Hall–Kier alpha value is -3.45. The Balaban J connectivity index is 1.46. The number of nitrogens with one attached hydrogen (secondary N) is 2. The molecule has 1 aliphatic rings. The highest BCUT2D eigenvalue weighted by Crippen LogP contribution is 2.28. The minimum Gasteiger partial charge on any atom is -0.390 e. The van der Waals surface area contributed by atoms with Gasteiger partial charge >= 0.3 is 0 Å². The third-order valence-electron chi connectivity index (χ3n) is 6.31. The monoisotopic (exact) mass is 477 g/mol. The molecular formula is C24H24ClN7O2. The van der Waals surface area contributed by atoms with E-state index in [4.69, 9.17) is 11.6 Å². The molecule has 5 rings (SSSR count). The summed E-state index contributed by atoms with van der Waals surface area (Å²) in [7, 11) is 0. The fourth-order valence-corrected chi connectivity index (χ4v) is 4.64. The maximum Gasteiger partial charge on any atom is 0.258 e. The first kappa shape index (κ1) is 22.3. The molecular weight excluding hydrogens is 454 g/mol. The first-order chi connectivity index (χ1) is 16.3. The predicted octanol–water partition coefficient (Wildman–Crippen LogP) is 2.47. The van der Waals surface area contributed by atoms with Crippen molar-refractivity contribution in [1.29, 1.82) is 5.26 Å². The minimum absolute atomic E-state index is 0.156. The summed E-state index contributed by atoms with van der Waals surface area (Å²) in [4.78, 5) is 27.0. The molecule has 4 aromatic rings. The Bertz CT molecular complexity index is 1500. The zero-order valence-corrected chi connectivity index (χ0v) is 19.6. The summed E-state index contributed by atoms with van der Waals surface area (Å²) in [5.74, 6) is 0.476. The normalized spacial score (nSPS) is 18.6. The number of aromatic nitrogens is 4. The van der Waals surface area contributed by atoms with E-state index < -0.39 is 6.10 Å². The smallest absolute Gasteiger partial charge is 0.258 e. The highest BCUT2D eigenvalue weighted by Gasteiger charge is 2.30. The van der Waals surface area contributed by atoms with Crippen LogP contribution in [0.25, 0.3) is 16.6 Å². The van der Waals surface area contributed by atoms with Crippen LogP contribution < -0.4 is 10.9 Å². The average Bonchev–Trinajstić information content (AvgIpc) is 3.35. The number of hydrogen-bond donors (Lipinski definition) is 3. The molecule has 4 heterocycles. The van der Waals surface area contributed by atoms with Gasteiger partial charge in [-0.05, 0) is 37.2 Å². The average molecular weight is 478 g/mol.